The summed E-state index contributed by atoms with van der Waals surface area (Å²) in [6, 6.07) is 19.2. The molecular weight excluding hydrogens is 300 g/mol. The number of benzene rings is 2. The van der Waals surface area contributed by atoms with Gasteiger partial charge in [0.15, 0.2) is 0 Å². The summed E-state index contributed by atoms with van der Waals surface area (Å²) in [4.78, 5) is 21.9. The zero-order valence-electron chi connectivity index (χ0n) is 14.3. The Morgan fingerprint density at radius 2 is 1.00 bits per heavy atom. The highest BCUT2D eigenvalue weighted by molar-refractivity contribution is 5.82. The highest BCUT2D eigenvalue weighted by atomic mass is 16.1. The van der Waals surface area contributed by atoms with Gasteiger partial charge in [-0.1, -0.05) is 74.5 Å². The molecule has 4 nitrogen and oxygen atoms in total. The van der Waals surface area contributed by atoms with Crippen molar-refractivity contribution in [1.82, 2.24) is 0 Å². The van der Waals surface area contributed by atoms with Crippen molar-refractivity contribution >= 4 is 11.8 Å². The number of carbonyl (C=O) groups excluding carboxylic acids is 2. The number of carbonyl (C=O) groups is 2. The van der Waals surface area contributed by atoms with Crippen LogP contribution in [-0.2, 0) is 9.59 Å². The summed E-state index contributed by atoms with van der Waals surface area (Å²) in [5, 5.41) is 0. The Kier molecular flexibility index (Phi) is 8.26. The van der Waals surface area contributed by atoms with Crippen LogP contribution in [0.15, 0.2) is 60.7 Å². The molecule has 4 N–H and O–H groups in total. The molecule has 2 aromatic rings. The lowest BCUT2D eigenvalue weighted by Crippen LogP contribution is -2.20. The summed E-state index contributed by atoms with van der Waals surface area (Å²) in [7, 11) is 0. The zero-order chi connectivity index (χ0) is 17.9. The second kappa shape index (κ2) is 10.2. The molecule has 0 aliphatic heterocycles. The zero-order valence-corrected chi connectivity index (χ0v) is 14.3. The van der Waals surface area contributed by atoms with Crippen LogP contribution in [0.2, 0.25) is 0 Å². The second-order valence-corrected chi connectivity index (χ2v) is 5.55. The monoisotopic (exact) mass is 326 g/mol. The van der Waals surface area contributed by atoms with Crippen molar-refractivity contribution in [3.05, 3.63) is 71.8 Å². The van der Waals surface area contributed by atoms with E-state index in [1.165, 1.54) is 0 Å². The molecule has 2 unspecified atom stereocenters. The van der Waals surface area contributed by atoms with E-state index in [1.54, 1.807) is 0 Å². The van der Waals surface area contributed by atoms with E-state index in [-0.39, 0.29) is 23.7 Å². The summed E-state index contributed by atoms with van der Waals surface area (Å²) in [5.41, 5.74) is 12.5. The van der Waals surface area contributed by atoms with E-state index in [0.717, 1.165) is 24.0 Å². The Morgan fingerprint density at radius 3 is 1.21 bits per heavy atom. The van der Waals surface area contributed by atoms with Gasteiger partial charge in [-0.15, -0.1) is 0 Å². The Balaban J connectivity index is 0.000000240. The van der Waals surface area contributed by atoms with E-state index in [0.29, 0.717) is 0 Å². The molecular formula is C20H26N2O2. The molecule has 0 radical (unpaired) electrons. The van der Waals surface area contributed by atoms with Crippen LogP contribution in [0.25, 0.3) is 0 Å². The van der Waals surface area contributed by atoms with Crippen LogP contribution in [0.4, 0.5) is 0 Å². The van der Waals surface area contributed by atoms with Crippen LogP contribution in [0.5, 0.6) is 0 Å². The third kappa shape index (κ3) is 5.88. The molecule has 0 spiro atoms. The van der Waals surface area contributed by atoms with Crippen LogP contribution < -0.4 is 11.5 Å². The van der Waals surface area contributed by atoms with Crippen LogP contribution in [-0.4, -0.2) is 11.8 Å². The molecule has 0 bridgehead atoms. The molecule has 0 saturated heterocycles. The third-order valence-corrected chi connectivity index (χ3v) is 3.91. The molecule has 0 aromatic heterocycles. The minimum Gasteiger partial charge on any atom is -0.369 e. The lowest BCUT2D eigenvalue weighted by atomic mass is 9.96. The quantitative estimate of drug-likeness (QED) is 0.853. The molecule has 2 rings (SSSR count). The molecule has 4 heteroatoms. The van der Waals surface area contributed by atoms with Gasteiger partial charge in [-0.25, -0.2) is 0 Å². The standard InChI is InChI=1S/2C10H13NO/c2*1-2-9(10(11)12)8-6-4-3-5-7-8/h2*3-7,9H,2H2,1H3,(H2,11,12). The second-order valence-electron chi connectivity index (χ2n) is 5.55. The third-order valence-electron chi connectivity index (χ3n) is 3.91. The van der Waals surface area contributed by atoms with Gasteiger partial charge in [0.05, 0.1) is 11.8 Å². The first-order valence-corrected chi connectivity index (χ1v) is 8.19. The van der Waals surface area contributed by atoms with Crippen molar-refractivity contribution in [1.29, 1.82) is 0 Å². The average Bonchev–Trinajstić information content (AvgIpc) is 2.58. The number of hydrogen-bond acceptors (Lipinski definition) is 2. The number of primary amides is 2. The Bertz CT molecular complexity index is 569. The van der Waals surface area contributed by atoms with Gasteiger partial charge in [-0.3, -0.25) is 9.59 Å². The van der Waals surface area contributed by atoms with E-state index in [1.807, 2.05) is 74.5 Å². The van der Waals surface area contributed by atoms with Crippen molar-refractivity contribution in [3.8, 4) is 0 Å². The SMILES string of the molecule is CCC(C(N)=O)c1ccccc1.CCC(C(N)=O)c1ccccc1. The molecule has 24 heavy (non-hydrogen) atoms. The topological polar surface area (TPSA) is 86.2 Å². The number of amides is 2. The predicted molar refractivity (Wildman–Crippen MR) is 97.3 cm³/mol. The maximum atomic E-state index is 11.0. The Morgan fingerprint density at radius 1 is 0.708 bits per heavy atom. The van der Waals surface area contributed by atoms with Gasteiger partial charge >= 0.3 is 0 Å². The van der Waals surface area contributed by atoms with Crippen molar-refractivity contribution in [3.63, 3.8) is 0 Å². The van der Waals surface area contributed by atoms with Gasteiger partial charge in [0.25, 0.3) is 0 Å². The molecule has 128 valence electrons. The molecule has 0 saturated carbocycles. The molecule has 2 aromatic carbocycles. The van der Waals surface area contributed by atoms with E-state index < -0.39 is 0 Å². The summed E-state index contributed by atoms with van der Waals surface area (Å²) in [6.45, 7) is 3.92. The summed E-state index contributed by atoms with van der Waals surface area (Å²) >= 11 is 0. The van der Waals surface area contributed by atoms with E-state index in [9.17, 15) is 9.59 Å². The first kappa shape index (κ1) is 19.4. The predicted octanol–water partition coefficient (Wildman–Crippen LogP) is 3.33. The van der Waals surface area contributed by atoms with E-state index >= 15 is 0 Å². The normalized spacial score (nSPS) is 12.4. The fraction of sp³-hybridized carbons (Fsp3) is 0.300. The summed E-state index contributed by atoms with van der Waals surface area (Å²) < 4.78 is 0. The minimum absolute atomic E-state index is 0.133. The minimum atomic E-state index is -0.247. The lowest BCUT2D eigenvalue weighted by molar-refractivity contribution is -0.120. The summed E-state index contributed by atoms with van der Waals surface area (Å²) in [5.74, 6) is -0.759. The number of nitrogens with two attached hydrogens (primary N) is 2. The van der Waals surface area contributed by atoms with Crippen molar-refractivity contribution in [2.45, 2.75) is 38.5 Å². The van der Waals surface area contributed by atoms with Gasteiger partial charge < -0.3 is 11.5 Å². The number of hydrogen-bond donors (Lipinski definition) is 2. The van der Waals surface area contributed by atoms with Crippen molar-refractivity contribution in [2.24, 2.45) is 11.5 Å². The van der Waals surface area contributed by atoms with Crippen LogP contribution in [0, 0.1) is 0 Å². The molecule has 2 amide bonds. The van der Waals surface area contributed by atoms with E-state index in [2.05, 4.69) is 0 Å². The number of rotatable bonds is 6. The van der Waals surface area contributed by atoms with Gasteiger partial charge in [0, 0.05) is 0 Å². The van der Waals surface area contributed by atoms with Gasteiger partial charge in [-0.2, -0.15) is 0 Å². The van der Waals surface area contributed by atoms with Crippen molar-refractivity contribution in [2.75, 3.05) is 0 Å². The summed E-state index contributed by atoms with van der Waals surface area (Å²) in [6.07, 6.45) is 1.53. The largest absolute Gasteiger partial charge is 0.369 e. The first-order valence-electron chi connectivity index (χ1n) is 8.19. The van der Waals surface area contributed by atoms with Crippen LogP contribution in [0.3, 0.4) is 0 Å². The molecule has 0 heterocycles. The molecule has 0 fully saturated rings. The smallest absolute Gasteiger partial charge is 0.224 e. The lowest BCUT2D eigenvalue weighted by Gasteiger charge is -2.09. The van der Waals surface area contributed by atoms with Crippen LogP contribution >= 0.6 is 0 Å². The average molecular weight is 326 g/mol. The highest BCUT2D eigenvalue weighted by Crippen LogP contribution is 2.18. The van der Waals surface area contributed by atoms with Crippen LogP contribution in [0.1, 0.15) is 49.7 Å². The molecule has 0 aliphatic carbocycles. The molecule has 2 atom stereocenters. The Labute approximate surface area is 143 Å². The Hall–Kier alpha value is -2.62. The van der Waals surface area contributed by atoms with Gasteiger partial charge in [-0.05, 0) is 24.0 Å². The van der Waals surface area contributed by atoms with E-state index in [4.69, 9.17) is 11.5 Å². The van der Waals surface area contributed by atoms with Gasteiger partial charge in [0.1, 0.15) is 0 Å². The maximum Gasteiger partial charge on any atom is 0.224 e. The van der Waals surface area contributed by atoms with Gasteiger partial charge in [0.2, 0.25) is 11.8 Å². The maximum absolute atomic E-state index is 11.0. The molecule has 0 aliphatic rings. The highest BCUT2D eigenvalue weighted by Gasteiger charge is 2.14. The fourth-order valence-corrected chi connectivity index (χ4v) is 2.57. The first-order chi connectivity index (χ1) is 11.5. The van der Waals surface area contributed by atoms with Crippen molar-refractivity contribution < 1.29 is 9.59 Å². The fourth-order valence-electron chi connectivity index (χ4n) is 2.57.